The number of hydrogen-bond acceptors (Lipinski definition) is 2. The molecule has 0 spiro atoms. The Hall–Kier alpha value is 0.280. The van der Waals surface area contributed by atoms with Gasteiger partial charge < -0.3 is 0 Å². The molecule has 0 aliphatic carbocycles. The van der Waals surface area contributed by atoms with Crippen molar-refractivity contribution < 1.29 is 4.79 Å². The highest BCUT2D eigenvalue weighted by Crippen LogP contribution is 2.26. The van der Waals surface area contributed by atoms with Crippen molar-refractivity contribution in [3.05, 3.63) is 52.6 Å². The van der Waals surface area contributed by atoms with E-state index in [1.54, 1.807) is 11.3 Å². The van der Waals surface area contributed by atoms with Crippen molar-refractivity contribution in [3.63, 3.8) is 0 Å². The lowest BCUT2D eigenvalue weighted by Gasteiger charge is -2.04. The number of thiophene rings is 1. The maximum absolute atomic E-state index is 12.2. The average molecular weight is 486 g/mol. The largest absolute Gasteiger partial charge is 0.294 e. The van der Waals surface area contributed by atoms with Crippen LogP contribution in [0.2, 0.25) is 0 Å². The Morgan fingerprint density at radius 2 is 2.06 bits per heavy atom. The zero-order valence-corrected chi connectivity index (χ0v) is 14.7. The molecule has 88 valence electrons. The number of ketones is 1. The predicted molar refractivity (Wildman–Crippen MR) is 86.9 cm³/mol. The van der Waals surface area contributed by atoms with E-state index in [2.05, 4.69) is 54.5 Å². The molecule has 17 heavy (non-hydrogen) atoms. The van der Waals surface area contributed by atoms with Crippen LogP contribution in [-0.2, 0) is 6.42 Å². The van der Waals surface area contributed by atoms with Crippen LogP contribution >= 0.6 is 65.8 Å². The molecule has 0 amide bonds. The van der Waals surface area contributed by atoms with E-state index in [4.69, 9.17) is 0 Å². The summed E-state index contributed by atoms with van der Waals surface area (Å²) in [5, 5.41) is 1.98. The molecular formula is C12H7Br2IOS. The van der Waals surface area contributed by atoms with Gasteiger partial charge in [0, 0.05) is 29.4 Å². The Morgan fingerprint density at radius 1 is 1.29 bits per heavy atom. The molecule has 0 N–H and O–H groups in total. The molecule has 0 saturated carbocycles. The fourth-order valence-electron chi connectivity index (χ4n) is 1.40. The Labute approximate surface area is 134 Å². The van der Waals surface area contributed by atoms with E-state index in [1.807, 2.05) is 29.6 Å². The number of rotatable bonds is 3. The van der Waals surface area contributed by atoms with Gasteiger partial charge in [0.05, 0.1) is 0 Å². The maximum Gasteiger partial charge on any atom is 0.169 e. The monoisotopic (exact) mass is 484 g/mol. The fourth-order valence-corrected chi connectivity index (χ4v) is 3.89. The number of hydrogen-bond donors (Lipinski definition) is 0. The Balaban J connectivity index is 2.26. The van der Waals surface area contributed by atoms with E-state index < -0.39 is 0 Å². The van der Waals surface area contributed by atoms with Crippen molar-refractivity contribution in [3.8, 4) is 0 Å². The first-order valence-corrected chi connectivity index (χ1v) is 8.32. The summed E-state index contributed by atoms with van der Waals surface area (Å²) in [5.74, 6) is 0.152. The van der Waals surface area contributed by atoms with E-state index in [0.29, 0.717) is 6.42 Å². The van der Waals surface area contributed by atoms with Gasteiger partial charge in [-0.25, -0.2) is 0 Å². The van der Waals surface area contributed by atoms with Crippen molar-refractivity contribution in [2.24, 2.45) is 0 Å². The summed E-state index contributed by atoms with van der Waals surface area (Å²) in [4.78, 5) is 13.3. The molecule has 1 heterocycles. The average Bonchev–Trinajstić information content (AvgIpc) is 2.68. The second-order valence-electron chi connectivity index (χ2n) is 3.42. The van der Waals surface area contributed by atoms with Gasteiger partial charge in [-0.05, 0) is 68.2 Å². The van der Waals surface area contributed by atoms with Crippen LogP contribution in [0.3, 0.4) is 0 Å². The molecule has 0 aliphatic heterocycles. The zero-order chi connectivity index (χ0) is 12.4. The third-order valence-corrected chi connectivity index (χ3v) is 5.60. The van der Waals surface area contributed by atoms with Crippen molar-refractivity contribution in [2.75, 3.05) is 0 Å². The molecule has 0 radical (unpaired) electrons. The van der Waals surface area contributed by atoms with Gasteiger partial charge in [0.2, 0.25) is 0 Å². The first-order valence-electron chi connectivity index (χ1n) is 4.78. The number of benzene rings is 1. The van der Waals surface area contributed by atoms with Gasteiger partial charge >= 0.3 is 0 Å². The normalized spacial score (nSPS) is 10.5. The van der Waals surface area contributed by atoms with Crippen molar-refractivity contribution >= 4 is 71.6 Å². The molecule has 0 aliphatic rings. The van der Waals surface area contributed by atoms with Crippen molar-refractivity contribution in [1.82, 2.24) is 0 Å². The number of carbonyl (C=O) groups excluding carboxylic acids is 1. The molecule has 5 heteroatoms. The Morgan fingerprint density at radius 3 is 2.71 bits per heavy atom. The van der Waals surface area contributed by atoms with Gasteiger partial charge in [0.25, 0.3) is 0 Å². The van der Waals surface area contributed by atoms with E-state index in [1.165, 1.54) is 0 Å². The summed E-state index contributed by atoms with van der Waals surface area (Å²) >= 11 is 10.6. The Kier molecular flexibility index (Phi) is 4.80. The van der Waals surface area contributed by atoms with Crippen LogP contribution in [0.15, 0.2) is 38.6 Å². The molecule has 0 saturated heterocycles. The molecule has 0 bridgehead atoms. The van der Waals surface area contributed by atoms with Crippen molar-refractivity contribution in [2.45, 2.75) is 6.42 Å². The van der Waals surface area contributed by atoms with Crippen LogP contribution in [-0.4, -0.2) is 5.78 Å². The Bertz CT molecular complexity index is 565. The molecule has 1 aromatic heterocycles. The molecular weight excluding hydrogens is 479 g/mol. The van der Waals surface area contributed by atoms with E-state index >= 15 is 0 Å². The van der Waals surface area contributed by atoms with E-state index in [9.17, 15) is 4.79 Å². The third kappa shape index (κ3) is 3.39. The SMILES string of the molecule is O=C(Cc1sccc1Br)c1cc(Br)ccc1I. The highest BCUT2D eigenvalue weighted by Gasteiger charge is 2.13. The maximum atomic E-state index is 12.2. The van der Waals surface area contributed by atoms with Crippen LogP contribution in [0, 0.1) is 3.57 Å². The first-order chi connectivity index (χ1) is 8.08. The minimum absolute atomic E-state index is 0.152. The summed E-state index contributed by atoms with van der Waals surface area (Å²) in [5.41, 5.74) is 0.778. The standard InChI is InChI=1S/C12H7Br2IOS/c13-7-1-2-10(15)8(5-7)11(16)6-12-9(14)3-4-17-12/h1-5H,6H2. The first kappa shape index (κ1) is 13.7. The predicted octanol–water partition coefficient (Wildman–Crippen LogP) is 5.30. The highest BCUT2D eigenvalue weighted by molar-refractivity contribution is 14.1. The molecule has 2 rings (SSSR count). The summed E-state index contributed by atoms with van der Waals surface area (Å²) in [7, 11) is 0. The van der Waals surface area contributed by atoms with E-state index in [0.717, 1.165) is 23.0 Å². The van der Waals surface area contributed by atoms with Gasteiger partial charge in [-0.2, -0.15) is 0 Å². The molecule has 2 aromatic rings. The fraction of sp³-hybridized carbons (Fsp3) is 0.0833. The zero-order valence-electron chi connectivity index (χ0n) is 8.54. The number of carbonyl (C=O) groups is 1. The molecule has 0 atom stereocenters. The van der Waals surface area contributed by atoms with Gasteiger partial charge in [-0.3, -0.25) is 4.79 Å². The summed E-state index contributed by atoms with van der Waals surface area (Å²) < 4.78 is 2.94. The highest BCUT2D eigenvalue weighted by atomic mass is 127. The van der Waals surface area contributed by atoms with Crippen LogP contribution in [0.4, 0.5) is 0 Å². The summed E-state index contributed by atoms with van der Waals surface area (Å²) in [6.07, 6.45) is 0.449. The smallest absolute Gasteiger partial charge is 0.169 e. The van der Waals surface area contributed by atoms with Crippen LogP contribution in [0.25, 0.3) is 0 Å². The van der Waals surface area contributed by atoms with Crippen LogP contribution in [0.5, 0.6) is 0 Å². The van der Waals surface area contributed by atoms with Crippen LogP contribution in [0.1, 0.15) is 15.2 Å². The second kappa shape index (κ2) is 5.95. The minimum atomic E-state index is 0.152. The third-order valence-electron chi connectivity index (χ3n) is 2.24. The molecule has 0 fully saturated rings. The lowest BCUT2D eigenvalue weighted by Crippen LogP contribution is -2.05. The topological polar surface area (TPSA) is 17.1 Å². The number of halogens is 3. The van der Waals surface area contributed by atoms with Crippen molar-refractivity contribution in [1.29, 1.82) is 0 Å². The van der Waals surface area contributed by atoms with Gasteiger partial charge in [-0.1, -0.05) is 15.9 Å². The van der Waals surface area contributed by atoms with E-state index in [-0.39, 0.29) is 5.78 Å². The van der Waals surface area contributed by atoms with Gasteiger partial charge in [0.1, 0.15) is 0 Å². The quantitative estimate of drug-likeness (QED) is 0.426. The lowest BCUT2D eigenvalue weighted by molar-refractivity contribution is 0.0993. The minimum Gasteiger partial charge on any atom is -0.294 e. The summed E-state index contributed by atoms with van der Waals surface area (Å²) in [6.45, 7) is 0. The summed E-state index contributed by atoms with van der Waals surface area (Å²) in [6, 6.07) is 7.74. The molecule has 1 aromatic carbocycles. The van der Waals surface area contributed by atoms with Gasteiger partial charge in [0.15, 0.2) is 5.78 Å². The molecule has 0 unspecified atom stereocenters. The van der Waals surface area contributed by atoms with Crippen LogP contribution < -0.4 is 0 Å². The lowest BCUT2D eigenvalue weighted by atomic mass is 10.1. The number of Topliss-reactive ketones (excluding diaryl/α,β-unsaturated/α-hetero) is 1. The van der Waals surface area contributed by atoms with Gasteiger partial charge in [-0.15, -0.1) is 11.3 Å². The molecule has 1 nitrogen and oxygen atoms in total. The second-order valence-corrected chi connectivity index (χ2v) is 7.35.